The maximum absolute atomic E-state index is 10.8. The molecule has 0 aliphatic rings. The standard InChI is InChI=1S/C3H5N3O2S2/c4-6-10(7,8)3-5-1-2-9-3/h1-2,6H,4H2. The maximum Gasteiger partial charge on any atom is 0.280 e. The van der Waals surface area contributed by atoms with Gasteiger partial charge in [0.2, 0.25) is 4.34 Å². The smallest absolute Gasteiger partial charge is 0.257 e. The number of aromatic nitrogens is 1. The number of rotatable bonds is 2. The second-order valence-corrected chi connectivity index (χ2v) is 4.20. The van der Waals surface area contributed by atoms with Gasteiger partial charge in [-0.25, -0.2) is 13.4 Å². The van der Waals surface area contributed by atoms with Gasteiger partial charge in [0, 0.05) is 11.6 Å². The number of hydrogen-bond donors (Lipinski definition) is 2. The molecule has 0 amide bonds. The first-order chi connectivity index (χ1) is 4.67. The van der Waals surface area contributed by atoms with Crippen molar-refractivity contribution < 1.29 is 8.42 Å². The van der Waals surface area contributed by atoms with Gasteiger partial charge in [-0.3, -0.25) is 5.84 Å². The summed E-state index contributed by atoms with van der Waals surface area (Å²) in [5.41, 5.74) is 0. The quantitative estimate of drug-likeness (QED) is 0.464. The average Bonchev–Trinajstić information content (AvgIpc) is 2.38. The SMILES string of the molecule is NNS(=O)(=O)c1nccs1. The third-order valence-corrected chi connectivity index (χ3v) is 3.18. The number of nitrogens with zero attached hydrogens (tertiary/aromatic N) is 1. The van der Waals surface area contributed by atoms with Crippen LogP contribution in [0.25, 0.3) is 0 Å². The fraction of sp³-hybridized carbons (Fsp3) is 0. The minimum absolute atomic E-state index is 0.0185. The van der Waals surface area contributed by atoms with Crippen LogP contribution in [0.2, 0.25) is 0 Å². The molecule has 1 rings (SSSR count). The Morgan fingerprint density at radius 2 is 2.40 bits per heavy atom. The van der Waals surface area contributed by atoms with Gasteiger partial charge in [-0.05, 0) is 0 Å². The molecule has 0 fully saturated rings. The normalized spacial score (nSPS) is 11.7. The zero-order valence-electron chi connectivity index (χ0n) is 4.81. The Morgan fingerprint density at radius 1 is 1.70 bits per heavy atom. The molecule has 0 radical (unpaired) electrons. The summed E-state index contributed by atoms with van der Waals surface area (Å²) in [6, 6.07) is 0. The maximum atomic E-state index is 10.8. The van der Waals surface area contributed by atoms with Crippen LogP contribution in [-0.4, -0.2) is 13.4 Å². The van der Waals surface area contributed by atoms with Gasteiger partial charge in [-0.15, -0.1) is 16.2 Å². The molecule has 0 aromatic carbocycles. The van der Waals surface area contributed by atoms with Gasteiger partial charge in [0.05, 0.1) is 0 Å². The second-order valence-electron chi connectivity index (χ2n) is 1.42. The highest BCUT2D eigenvalue weighted by Gasteiger charge is 2.13. The molecule has 0 aliphatic carbocycles. The molecule has 0 atom stereocenters. The third kappa shape index (κ3) is 1.32. The molecule has 0 unspecified atom stereocenters. The van der Waals surface area contributed by atoms with E-state index in [1.54, 1.807) is 10.2 Å². The molecule has 1 aromatic heterocycles. The molecule has 10 heavy (non-hydrogen) atoms. The number of nitrogens with two attached hydrogens (primary N) is 1. The van der Waals surface area contributed by atoms with Crippen molar-refractivity contribution >= 4 is 21.4 Å². The topological polar surface area (TPSA) is 85.1 Å². The van der Waals surface area contributed by atoms with Crippen molar-refractivity contribution in [3.63, 3.8) is 0 Å². The van der Waals surface area contributed by atoms with Crippen LogP contribution in [0.4, 0.5) is 0 Å². The summed E-state index contributed by atoms with van der Waals surface area (Å²) in [6.07, 6.45) is 1.40. The van der Waals surface area contributed by atoms with Crippen molar-refractivity contribution in [2.24, 2.45) is 5.84 Å². The van der Waals surface area contributed by atoms with Crippen LogP contribution in [0.1, 0.15) is 0 Å². The highest BCUT2D eigenvalue weighted by molar-refractivity contribution is 7.91. The molecule has 0 saturated carbocycles. The summed E-state index contributed by atoms with van der Waals surface area (Å²) in [5, 5.41) is 1.56. The molecule has 3 N–H and O–H groups in total. The van der Waals surface area contributed by atoms with Gasteiger partial charge in [0.1, 0.15) is 0 Å². The largest absolute Gasteiger partial charge is 0.280 e. The van der Waals surface area contributed by atoms with E-state index in [1.165, 1.54) is 6.20 Å². The lowest BCUT2D eigenvalue weighted by atomic mass is 11.0. The third-order valence-electron chi connectivity index (χ3n) is 0.795. The van der Waals surface area contributed by atoms with Gasteiger partial charge in [0.25, 0.3) is 10.0 Å². The molecule has 1 aromatic rings. The lowest BCUT2D eigenvalue weighted by molar-refractivity contribution is 0.583. The predicted octanol–water partition coefficient (Wildman–Crippen LogP) is -0.705. The monoisotopic (exact) mass is 179 g/mol. The molecule has 0 bridgehead atoms. The van der Waals surface area contributed by atoms with Crippen LogP contribution < -0.4 is 10.7 Å². The van der Waals surface area contributed by atoms with Crippen molar-refractivity contribution in [2.45, 2.75) is 4.34 Å². The minimum Gasteiger partial charge on any atom is -0.257 e. The Bertz CT molecular complexity index is 290. The van der Waals surface area contributed by atoms with Crippen LogP contribution in [0.5, 0.6) is 0 Å². The summed E-state index contributed by atoms with van der Waals surface area (Å²) < 4.78 is 21.5. The summed E-state index contributed by atoms with van der Waals surface area (Å²) >= 11 is 1.01. The fourth-order valence-corrected chi connectivity index (χ4v) is 1.87. The molecule has 1 heterocycles. The lowest BCUT2D eigenvalue weighted by Gasteiger charge is -1.93. The van der Waals surface area contributed by atoms with Gasteiger partial charge >= 0.3 is 0 Å². The molecule has 0 spiro atoms. The van der Waals surface area contributed by atoms with E-state index in [9.17, 15) is 8.42 Å². The van der Waals surface area contributed by atoms with E-state index in [2.05, 4.69) is 4.98 Å². The summed E-state index contributed by atoms with van der Waals surface area (Å²) in [7, 11) is -3.52. The minimum atomic E-state index is -3.52. The number of nitrogens with one attached hydrogen (secondary N) is 1. The first-order valence-electron chi connectivity index (χ1n) is 2.29. The summed E-state index contributed by atoms with van der Waals surface area (Å²) in [6.45, 7) is 0. The number of sulfonamides is 1. The molecule has 56 valence electrons. The number of hydrazine groups is 1. The van der Waals surface area contributed by atoms with E-state index < -0.39 is 10.0 Å². The van der Waals surface area contributed by atoms with E-state index in [0.29, 0.717) is 0 Å². The first-order valence-corrected chi connectivity index (χ1v) is 4.65. The van der Waals surface area contributed by atoms with Crippen LogP contribution >= 0.6 is 11.3 Å². The molecule has 0 saturated heterocycles. The van der Waals surface area contributed by atoms with E-state index in [-0.39, 0.29) is 4.34 Å². The highest BCUT2D eigenvalue weighted by atomic mass is 32.2. The highest BCUT2D eigenvalue weighted by Crippen LogP contribution is 2.09. The van der Waals surface area contributed by atoms with Crippen molar-refractivity contribution in [2.75, 3.05) is 0 Å². The molecule has 5 nitrogen and oxygen atoms in total. The lowest BCUT2D eigenvalue weighted by Crippen LogP contribution is -2.29. The van der Waals surface area contributed by atoms with Gasteiger partial charge in [-0.2, -0.15) is 0 Å². The van der Waals surface area contributed by atoms with Crippen LogP contribution in [0.15, 0.2) is 15.9 Å². The molecule has 0 aliphatic heterocycles. The van der Waals surface area contributed by atoms with Crippen molar-refractivity contribution in [3.8, 4) is 0 Å². The van der Waals surface area contributed by atoms with Gasteiger partial charge in [-0.1, -0.05) is 0 Å². The van der Waals surface area contributed by atoms with Crippen LogP contribution in [0, 0.1) is 0 Å². The Kier molecular flexibility index (Phi) is 2.00. The fourth-order valence-electron chi connectivity index (χ4n) is 0.393. The van der Waals surface area contributed by atoms with Crippen LogP contribution in [0.3, 0.4) is 0 Å². The summed E-state index contributed by atoms with van der Waals surface area (Å²) in [5.74, 6) is 4.73. The summed E-state index contributed by atoms with van der Waals surface area (Å²) in [4.78, 5) is 5.21. The second kappa shape index (κ2) is 2.62. The number of hydrogen-bond acceptors (Lipinski definition) is 5. The predicted molar refractivity (Wildman–Crippen MR) is 36.6 cm³/mol. The van der Waals surface area contributed by atoms with E-state index >= 15 is 0 Å². The van der Waals surface area contributed by atoms with E-state index in [1.807, 2.05) is 0 Å². The molecular formula is C3H5N3O2S2. The Morgan fingerprint density at radius 3 is 2.80 bits per heavy atom. The Hall–Kier alpha value is -0.500. The van der Waals surface area contributed by atoms with Crippen LogP contribution in [-0.2, 0) is 10.0 Å². The Labute approximate surface area is 61.9 Å². The number of thiazole rings is 1. The van der Waals surface area contributed by atoms with Crippen molar-refractivity contribution in [1.29, 1.82) is 0 Å². The zero-order valence-corrected chi connectivity index (χ0v) is 6.45. The average molecular weight is 179 g/mol. The molecule has 7 heteroatoms. The van der Waals surface area contributed by atoms with Gasteiger partial charge in [0.15, 0.2) is 0 Å². The molecular weight excluding hydrogens is 174 g/mol. The van der Waals surface area contributed by atoms with Gasteiger partial charge < -0.3 is 0 Å². The van der Waals surface area contributed by atoms with Crippen molar-refractivity contribution in [1.82, 2.24) is 9.82 Å². The zero-order chi connectivity index (χ0) is 7.61. The Balaban J connectivity index is 3.09. The van der Waals surface area contributed by atoms with E-state index in [4.69, 9.17) is 5.84 Å². The first kappa shape index (κ1) is 7.61. The van der Waals surface area contributed by atoms with Crippen molar-refractivity contribution in [3.05, 3.63) is 11.6 Å². The van der Waals surface area contributed by atoms with E-state index in [0.717, 1.165) is 11.3 Å².